The number of carbonyl (C=O) groups is 1. The smallest absolute Gasteiger partial charge is 0.248 e. The largest absolute Gasteiger partial charge is 0.366 e. The Morgan fingerprint density at radius 1 is 1.05 bits per heavy atom. The molecular formula is C14H14N2O3S. The molecule has 0 atom stereocenters. The van der Waals surface area contributed by atoms with Crippen LogP contribution in [0.1, 0.15) is 10.4 Å². The van der Waals surface area contributed by atoms with Crippen molar-refractivity contribution in [2.75, 3.05) is 11.6 Å². The Hall–Kier alpha value is -2.34. The first-order chi connectivity index (χ1) is 9.36. The van der Waals surface area contributed by atoms with E-state index in [0.717, 1.165) is 11.9 Å². The number of primary amides is 1. The molecular weight excluding hydrogens is 276 g/mol. The zero-order valence-corrected chi connectivity index (χ0v) is 11.6. The number of benzene rings is 2. The summed E-state index contributed by atoms with van der Waals surface area (Å²) in [7, 11) is -3.20. The van der Waals surface area contributed by atoms with E-state index in [9.17, 15) is 13.2 Å². The molecule has 0 fully saturated rings. The average Bonchev–Trinajstić information content (AvgIpc) is 2.38. The van der Waals surface area contributed by atoms with Crippen molar-refractivity contribution in [1.82, 2.24) is 0 Å². The van der Waals surface area contributed by atoms with E-state index in [1.54, 1.807) is 36.4 Å². The quantitative estimate of drug-likeness (QED) is 0.900. The Bertz CT molecular complexity index is 737. The van der Waals surface area contributed by atoms with E-state index in [1.165, 1.54) is 12.1 Å². The molecule has 0 radical (unpaired) electrons. The van der Waals surface area contributed by atoms with Crippen LogP contribution in [0.15, 0.2) is 53.4 Å². The molecule has 6 heteroatoms. The molecule has 2 rings (SSSR count). The molecule has 0 aromatic heterocycles. The molecule has 0 saturated heterocycles. The summed E-state index contributed by atoms with van der Waals surface area (Å²) in [4.78, 5) is 11.3. The maximum Gasteiger partial charge on any atom is 0.248 e. The molecule has 20 heavy (non-hydrogen) atoms. The Morgan fingerprint density at radius 2 is 1.70 bits per heavy atom. The van der Waals surface area contributed by atoms with Gasteiger partial charge in [-0.25, -0.2) is 8.42 Å². The zero-order chi connectivity index (χ0) is 14.8. The van der Waals surface area contributed by atoms with Crippen LogP contribution in [0.5, 0.6) is 0 Å². The topological polar surface area (TPSA) is 89.3 Å². The molecule has 2 aromatic rings. The molecule has 0 unspecified atom stereocenters. The third-order valence-electron chi connectivity index (χ3n) is 2.72. The lowest BCUT2D eigenvalue weighted by Gasteiger charge is -2.08. The van der Waals surface area contributed by atoms with Crippen LogP contribution in [-0.2, 0) is 9.84 Å². The van der Waals surface area contributed by atoms with E-state index < -0.39 is 15.7 Å². The van der Waals surface area contributed by atoms with Gasteiger partial charge in [0.2, 0.25) is 5.91 Å². The van der Waals surface area contributed by atoms with Gasteiger partial charge in [-0.1, -0.05) is 6.07 Å². The van der Waals surface area contributed by atoms with Crippen molar-refractivity contribution in [3.8, 4) is 0 Å². The highest BCUT2D eigenvalue weighted by Gasteiger charge is 2.06. The van der Waals surface area contributed by atoms with Gasteiger partial charge in [0.25, 0.3) is 0 Å². The van der Waals surface area contributed by atoms with E-state index in [-0.39, 0.29) is 4.90 Å². The fraction of sp³-hybridized carbons (Fsp3) is 0.0714. The minimum absolute atomic E-state index is 0.258. The van der Waals surface area contributed by atoms with Gasteiger partial charge in [0.05, 0.1) is 4.90 Å². The van der Waals surface area contributed by atoms with Gasteiger partial charge < -0.3 is 11.1 Å². The standard InChI is InChI=1S/C14H14N2O3S/c1-20(18,19)13-7-5-11(6-8-13)16-12-4-2-3-10(9-12)14(15)17/h2-9,16H,1H3,(H2,15,17). The summed E-state index contributed by atoms with van der Waals surface area (Å²) in [6.45, 7) is 0. The average molecular weight is 290 g/mol. The monoisotopic (exact) mass is 290 g/mol. The van der Waals surface area contributed by atoms with Gasteiger partial charge in [0.15, 0.2) is 9.84 Å². The number of carbonyl (C=O) groups excluding carboxylic acids is 1. The third-order valence-corrected chi connectivity index (χ3v) is 3.85. The fourth-order valence-electron chi connectivity index (χ4n) is 1.70. The van der Waals surface area contributed by atoms with Crippen LogP contribution in [0.25, 0.3) is 0 Å². The van der Waals surface area contributed by atoms with Crippen LogP contribution in [0.3, 0.4) is 0 Å². The van der Waals surface area contributed by atoms with Crippen LogP contribution in [-0.4, -0.2) is 20.6 Å². The van der Waals surface area contributed by atoms with Crippen LogP contribution < -0.4 is 11.1 Å². The fourth-order valence-corrected chi connectivity index (χ4v) is 2.33. The zero-order valence-electron chi connectivity index (χ0n) is 10.8. The number of nitrogens with one attached hydrogen (secondary N) is 1. The lowest BCUT2D eigenvalue weighted by Crippen LogP contribution is -2.10. The molecule has 0 spiro atoms. The highest BCUT2D eigenvalue weighted by Crippen LogP contribution is 2.19. The predicted molar refractivity (Wildman–Crippen MR) is 77.8 cm³/mol. The molecule has 5 nitrogen and oxygen atoms in total. The van der Waals surface area contributed by atoms with Crippen LogP contribution in [0.4, 0.5) is 11.4 Å². The first kappa shape index (κ1) is 14.1. The van der Waals surface area contributed by atoms with Crippen molar-refractivity contribution >= 4 is 27.1 Å². The van der Waals surface area contributed by atoms with E-state index in [4.69, 9.17) is 5.73 Å². The van der Waals surface area contributed by atoms with Gasteiger partial charge in [-0.15, -0.1) is 0 Å². The summed E-state index contributed by atoms with van der Waals surface area (Å²) in [6, 6.07) is 13.1. The van der Waals surface area contributed by atoms with Gasteiger partial charge in [-0.05, 0) is 42.5 Å². The maximum atomic E-state index is 11.4. The summed E-state index contributed by atoms with van der Waals surface area (Å²) in [5.41, 5.74) is 7.04. The summed E-state index contributed by atoms with van der Waals surface area (Å²) in [5, 5.41) is 3.08. The minimum atomic E-state index is -3.20. The van der Waals surface area contributed by atoms with Crippen molar-refractivity contribution in [2.24, 2.45) is 5.73 Å². The van der Waals surface area contributed by atoms with E-state index in [2.05, 4.69) is 5.32 Å². The highest BCUT2D eigenvalue weighted by molar-refractivity contribution is 7.90. The van der Waals surface area contributed by atoms with Gasteiger partial charge in [0, 0.05) is 23.2 Å². The normalized spacial score (nSPS) is 11.1. The number of anilines is 2. The molecule has 0 aliphatic rings. The second kappa shape index (κ2) is 5.34. The van der Waals surface area contributed by atoms with Crippen molar-refractivity contribution in [1.29, 1.82) is 0 Å². The lowest BCUT2D eigenvalue weighted by molar-refractivity contribution is 0.100. The van der Waals surface area contributed by atoms with Crippen LogP contribution in [0, 0.1) is 0 Å². The molecule has 3 N–H and O–H groups in total. The summed E-state index contributed by atoms with van der Waals surface area (Å²) < 4.78 is 22.7. The van der Waals surface area contributed by atoms with Gasteiger partial charge in [0.1, 0.15) is 0 Å². The Morgan fingerprint density at radius 3 is 2.25 bits per heavy atom. The van der Waals surface area contributed by atoms with E-state index >= 15 is 0 Å². The number of sulfone groups is 1. The second-order valence-electron chi connectivity index (χ2n) is 4.37. The summed E-state index contributed by atoms with van der Waals surface area (Å²) in [5.74, 6) is -0.499. The number of hydrogen-bond donors (Lipinski definition) is 2. The maximum absolute atomic E-state index is 11.4. The number of amides is 1. The molecule has 2 aromatic carbocycles. The molecule has 0 bridgehead atoms. The van der Waals surface area contributed by atoms with Crippen molar-refractivity contribution in [2.45, 2.75) is 4.90 Å². The molecule has 104 valence electrons. The van der Waals surface area contributed by atoms with Gasteiger partial charge in [-0.2, -0.15) is 0 Å². The van der Waals surface area contributed by atoms with Crippen LogP contribution in [0.2, 0.25) is 0 Å². The second-order valence-corrected chi connectivity index (χ2v) is 6.38. The Kier molecular flexibility index (Phi) is 3.76. The number of rotatable bonds is 4. The lowest BCUT2D eigenvalue weighted by atomic mass is 10.2. The molecule has 1 amide bonds. The van der Waals surface area contributed by atoms with E-state index in [1.807, 2.05) is 0 Å². The molecule has 0 saturated carbocycles. The first-order valence-electron chi connectivity index (χ1n) is 5.83. The third kappa shape index (κ3) is 3.36. The predicted octanol–water partition coefficient (Wildman–Crippen LogP) is 1.93. The Labute approximate surface area is 117 Å². The van der Waals surface area contributed by atoms with Crippen molar-refractivity contribution in [3.63, 3.8) is 0 Å². The van der Waals surface area contributed by atoms with Crippen LogP contribution >= 0.6 is 0 Å². The summed E-state index contributed by atoms with van der Waals surface area (Å²) >= 11 is 0. The van der Waals surface area contributed by atoms with Gasteiger partial charge in [-0.3, -0.25) is 4.79 Å². The highest BCUT2D eigenvalue weighted by atomic mass is 32.2. The summed E-state index contributed by atoms with van der Waals surface area (Å²) in [6.07, 6.45) is 1.16. The molecule has 0 aliphatic heterocycles. The Balaban J connectivity index is 2.22. The molecule has 0 aliphatic carbocycles. The first-order valence-corrected chi connectivity index (χ1v) is 7.72. The van der Waals surface area contributed by atoms with E-state index in [0.29, 0.717) is 11.3 Å². The number of hydrogen-bond acceptors (Lipinski definition) is 4. The van der Waals surface area contributed by atoms with Crippen molar-refractivity contribution < 1.29 is 13.2 Å². The van der Waals surface area contributed by atoms with Crippen molar-refractivity contribution in [3.05, 3.63) is 54.1 Å². The minimum Gasteiger partial charge on any atom is -0.366 e. The SMILES string of the molecule is CS(=O)(=O)c1ccc(Nc2cccc(C(N)=O)c2)cc1. The molecule has 0 heterocycles. The number of nitrogens with two attached hydrogens (primary N) is 1. The van der Waals surface area contributed by atoms with Gasteiger partial charge >= 0.3 is 0 Å².